The molecule has 1 unspecified atom stereocenters. The summed E-state index contributed by atoms with van der Waals surface area (Å²) in [6, 6.07) is 3.91. The van der Waals surface area contributed by atoms with Gasteiger partial charge in [-0.25, -0.2) is 9.37 Å². The smallest absolute Gasteiger partial charge is 0.263 e. The summed E-state index contributed by atoms with van der Waals surface area (Å²) < 4.78 is 18.4. The van der Waals surface area contributed by atoms with Gasteiger partial charge in [-0.1, -0.05) is 16.8 Å². The lowest BCUT2D eigenvalue weighted by Gasteiger charge is -2.33. The standard InChI is InChI=1S/C18H17ClFN5O2/c1-10-15-16(21-9-22-18(15)27-24-10)25-6-2-3-11(8-25)17(26)23-14-5-4-12(20)7-13(14)19/h4-5,7,9,11H,2-3,6,8H2,1H3,(H,23,26). The molecule has 0 spiro atoms. The van der Waals surface area contributed by atoms with E-state index in [4.69, 9.17) is 16.1 Å². The SMILES string of the molecule is Cc1noc2ncnc(N3CCCC(C(=O)Nc4ccc(F)cc4Cl)C3)c12. The molecule has 1 N–H and O–H groups in total. The van der Waals surface area contributed by atoms with Crippen molar-refractivity contribution in [1.82, 2.24) is 15.1 Å². The highest BCUT2D eigenvalue weighted by Gasteiger charge is 2.29. The highest BCUT2D eigenvalue weighted by Crippen LogP contribution is 2.30. The van der Waals surface area contributed by atoms with E-state index in [1.165, 1.54) is 24.5 Å². The van der Waals surface area contributed by atoms with Crippen molar-refractivity contribution >= 4 is 40.1 Å². The summed E-state index contributed by atoms with van der Waals surface area (Å²) in [7, 11) is 0. The van der Waals surface area contributed by atoms with Gasteiger partial charge < -0.3 is 14.7 Å². The number of halogens is 2. The number of hydrogen-bond donors (Lipinski definition) is 1. The fourth-order valence-electron chi connectivity index (χ4n) is 3.35. The second-order valence-electron chi connectivity index (χ2n) is 6.54. The van der Waals surface area contributed by atoms with Crippen molar-refractivity contribution in [2.45, 2.75) is 19.8 Å². The van der Waals surface area contributed by atoms with Gasteiger partial charge in [-0.05, 0) is 38.0 Å². The molecule has 0 aliphatic carbocycles. The molecule has 0 radical (unpaired) electrons. The Bertz CT molecular complexity index is 1010. The first-order valence-corrected chi connectivity index (χ1v) is 8.98. The third kappa shape index (κ3) is 3.44. The average molecular weight is 390 g/mol. The molecule has 27 heavy (non-hydrogen) atoms. The molecule has 1 aliphatic heterocycles. The summed E-state index contributed by atoms with van der Waals surface area (Å²) in [5.41, 5.74) is 1.55. The number of aromatic nitrogens is 3. The molecule has 1 aromatic carbocycles. The fourth-order valence-corrected chi connectivity index (χ4v) is 3.57. The second-order valence-corrected chi connectivity index (χ2v) is 6.95. The molecule has 3 heterocycles. The van der Waals surface area contributed by atoms with Crippen LogP contribution in [0.1, 0.15) is 18.5 Å². The van der Waals surface area contributed by atoms with Crippen molar-refractivity contribution in [1.29, 1.82) is 0 Å². The Hall–Kier alpha value is -2.74. The Morgan fingerprint density at radius 1 is 1.41 bits per heavy atom. The van der Waals surface area contributed by atoms with Crippen LogP contribution in [0.4, 0.5) is 15.9 Å². The maximum Gasteiger partial charge on any atom is 0.263 e. The van der Waals surface area contributed by atoms with Gasteiger partial charge in [0, 0.05) is 13.1 Å². The van der Waals surface area contributed by atoms with Crippen LogP contribution in [-0.2, 0) is 4.79 Å². The predicted octanol–water partition coefficient (Wildman–Crippen LogP) is 3.57. The van der Waals surface area contributed by atoms with E-state index in [-0.39, 0.29) is 16.8 Å². The molecule has 0 bridgehead atoms. The number of fused-ring (bicyclic) bond motifs is 1. The zero-order valence-corrected chi connectivity index (χ0v) is 15.3. The highest BCUT2D eigenvalue weighted by molar-refractivity contribution is 6.33. The van der Waals surface area contributed by atoms with Gasteiger partial charge >= 0.3 is 0 Å². The maximum absolute atomic E-state index is 13.2. The van der Waals surface area contributed by atoms with E-state index in [1.54, 1.807) is 0 Å². The molecule has 1 atom stereocenters. The van der Waals surface area contributed by atoms with Gasteiger partial charge in [-0.15, -0.1) is 0 Å². The van der Waals surface area contributed by atoms with Gasteiger partial charge in [0.2, 0.25) is 5.91 Å². The van der Waals surface area contributed by atoms with E-state index in [9.17, 15) is 9.18 Å². The van der Waals surface area contributed by atoms with Crippen LogP contribution >= 0.6 is 11.6 Å². The topological polar surface area (TPSA) is 84.2 Å². The summed E-state index contributed by atoms with van der Waals surface area (Å²) in [6.45, 7) is 3.11. The van der Waals surface area contributed by atoms with Crippen molar-refractivity contribution in [2.75, 3.05) is 23.3 Å². The number of benzene rings is 1. The molecule has 2 aromatic heterocycles. The van der Waals surface area contributed by atoms with Gasteiger partial charge in [-0.3, -0.25) is 4.79 Å². The molecular weight excluding hydrogens is 373 g/mol. The molecule has 7 nitrogen and oxygen atoms in total. The number of rotatable bonds is 3. The zero-order chi connectivity index (χ0) is 19.0. The van der Waals surface area contributed by atoms with E-state index in [0.29, 0.717) is 23.6 Å². The van der Waals surface area contributed by atoms with Gasteiger partial charge in [-0.2, -0.15) is 4.98 Å². The second kappa shape index (κ2) is 7.11. The zero-order valence-electron chi connectivity index (χ0n) is 14.6. The monoisotopic (exact) mass is 389 g/mol. The number of anilines is 2. The van der Waals surface area contributed by atoms with E-state index >= 15 is 0 Å². The summed E-state index contributed by atoms with van der Waals surface area (Å²) in [6.07, 6.45) is 3.02. The minimum Gasteiger partial charge on any atom is -0.355 e. The minimum atomic E-state index is -0.446. The Morgan fingerprint density at radius 2 is 2.26 bits per heavy atom. The summed E-state index contributed by atoms with van der Waals surface area (Å²) in [5.74, 6) is -0.125. The summed E-state index contributed by atoms with van der Waals surface area (Å²) >= 11 is 6.01. The van der Waals surface area contributed by atoms with Crippen LogP contribution in [0, 0.1) is 18.7 Å². The molecule has 1 amide bonds. The number of nitrogens with one attached hydrogen (secondary N) is 1. The Labute approximate surface area is 159 Å². The van der Waals surface area contributed by atoms with Crippen LogP contribution in [-0.4, -0.2) is 34.1 Å². The number of aryl methyl sites for hydroxylation is 1. The molecular formula is C18H17ClFN5O2. The predicted molar refractivity (Wildman–Crippen MR) is 99.3 cm³/mol. The quantitative estimate of drug-likeness (QED) is 0.737. The molecule has 9 heteroatoms. The van der Waals surface area contributed by atoms with Crippen LogP contribution < -0.4 is 10.2 Å². The first-order chi connectivity index (χ1) is 13.0. The molecule has 140 valence electrons. The lowest BCUT2D eigenvalue weighted by molar-refractivity contribution is -0.120. The van der Waals surface area contributed by atoms with Gasteiger partial charge in [0.05, 0.1) is 22.3 Å². The Morgan fingerprint density at radius 3 is 3.07 bits per heavy atom. The number of nitrogens with zero attached hydrogens (tertiary/aromatic N) is 4. The van der Waals surface area contributed by atoms with Gasteiger partial charge in [0.1, 0.15) is 23.3 Å². The van der Waals surface area contributed by atoms with Crippen molar-refractivity contribution in [2.24, 2.45) is 5.92 Å². The molecule has 3 aromatic rings. The number of carbonyl (C=O) groups is 1. The first-order valence-electron chi connectivity index (χ1n) is 8.61. The molecule has 1 fully saturated rings. The largest absolute Gasteiger partial charge is 0.355 e. The highest BCUT2D eigenvalue weighted by atomic mass is 35.5. The van der Waals surface area contributed by atoms with E-state index in [0.717, 1.165) is 30.6 Å². The van der Waals surface area contributed by atoms with E-state index in [1.807, 2.05) is 11.8 Å². The fraction of sp³-hybridized carbons (Fsp3) is 0.333. The van der Waals surface area contributed by atoms with Gasteiger partial charge in [0.25, 0.3) is 5.71 Å². The van der Waals surface area contributed by atoms with Crippen LogP contribution in [0.5, 0.6) is 0 Å². The summed E-state index contributed by atoms with van der Waals surface area (Å²) in [4.78, 5) is 23.2. The van der Waals surface area contributed by atoms with Crippen molar-refractivity contribution in [3.05, 3.63) is 41.1 Å². The van der Waals surface area contributed by atoms with E-state index in [2.05, 4.69) is 20.4 Å². The number of carbonyl (C=O) groups excluding carboxylic acids is 1. The Balaban J connectivity index is 1.54. The first kappa shape index (κ1) is 17.7. The Kier molecular flexibility index (Phi) is 4.65. The number of hydrogen-bond acceptors (Lipinski definition) is 6. The molecule has 0 saturated carbocycles. The van der Waals surface area contributed by atoms with Crippen LogP contribution in [0.15, 0.2) is 29.0 Å². The van der Waals surface area contributed by atoms with Crippen LogP contribution in [0.25, 0.3) is 11.1 Å². The van der Waals surface area contributed by atoms with Crippen molar-refractivity contribution in [3.63, 3.8) is 0 Å². The van der Waals surface area contributed by atoms with Gasteiger partial charge in [0.15, 0.2) is 0 Å². The van der Waals surface area contributed by atoms with Crippen molar-refractivity contribution in [3.8, 4) is 0 Å². The van der Waals surface area contributed by atoms with Crippen LogP contribution in [0.2, 0.25) is 5.02 Å². The normalized spacial score (nSPS) is 17.3. The third-order valence-electron chi connectivity index (χ3n) is 4.70. The molecule has 1 aliphatic rings. The maximum atomic E-state index is 13.2. The molecule has 4 rings (SSSR count). The average Bonchev–Trinajstić information content (AvgIpc) is 3.05. The van der Waals surface area contributed by atoms with Crippen LogP contribution in [0.3, 0.4) is 0 Å². The lowest BCUT2D eigenvalue weighted by Crippen LogP contribution is -2.41. The number of amides is 1. The van der Waals surface area contributed by atoms with Crippen molar-refractivity contribution < 1.29 is 13.7 Å². The van der Waals surface area contributed by atoms with E-state index < -0.39 is 5.82 Å². The third-order valence-corrected chi connectivity index (χ3v) is 5.02. The minimum absolute atomic E-state index is 0.152. The number of piperidine rings is 1. The molecule has 1 saturated heterocycles. The lowest BCUT2D eigenvalue weighted by atomic mass is 9.96. The summed E-state index contributed by atoms with van der Waals surface area (Å²) in [5, 5.41) is 7.68.